The molecule has 3 aromatic rings. The molecule has 2 aromatic carbocycles. The van der Waals surface area contributed by atoms with E-state index in [2.05, 4.69) is 5.32 Å². The summed E-state index contributed by atoms with van der Waals surface area (Å²) in [6.45, 7) is 0. The molecule has 35 heavy (non-hydrogen) atoms. The van der Waals surface area contributed by atoms with Crippen LogP contribution >= 0.6 is 23.8 Å². The van der Waals surface area contributed by atoms with Crippen LogP contribution in [-0.4, -0.2) is 21.9 Å². The van der Waals surface area contributed by atoms with Crippen molar-refractivity contribution in [3.05, 3.63) is 86.6 Å². The largest absolute Gasteiger partial charge is 0.457 e. The van der Waals surface area contributed by atoms with Gasteiger partial charge in [-0.3, -0.25) is 29.9 Å². The SMILES string of the molecule is O=C1NC(=S)N(c2cccc(C(F)(F)F)c2)C(=O)/C1=C\c1ccc(-c2ccc(Cl)c([N+](=O)[O-])c2)o1. The second-order valence-electron chi connectivity index (χ2n) is 7.13. The third-order valence-electron chi connectivity index (χ3n) is 4.87. The smallest absolute Gasteiger partial charge is 0.416 e. The van der Waals surface area contributed by atoms with Crippen LogP contribution in [-0.2, 0) is 15.8 Å². The molecule has 4 rings (SSSR count). The van der Waals surface area contributed by atoms with Crippen LogP contribution in [0.2, 0.25) is 5.02 Å². The van der Waals surface area contributed by atoms with Gasteiger partial charge in [0.1, 0.15) is 22.1 Å². The molecule has 8 nitrogen and oxygen atoms in total. The first-order valence-corrected chi connectivity index (χ1v) is 10.4. The third-order valence-corrected chi connectivity index (χ3v) is 5.48. The molecule has 0 saturated carbocycles. The van der Waals surface area contributed by atoms with Crippen molar-refractivity contribution in [2.75, 3.05) is 4.90 Å². The molecule has 178 valence electrons. The Balaban J connectivity index is 1.68. The predicted octanol–water partition coefficient (Wildman–Crippen LogP) is 5.36. The van der Waals surface area contributed by atoms with Gasteiger partial charge in [0.15, 0.2) is 5.11 Å². The minimum atomic E-state index is -4.65. The zero-order valence-electron chi connectivity index (χ0n) is 17.1. The van der Waals surface area contributed by atoms with Crippen molar-refractivity contribution in [2.24, 2.45) is 0 Å². The second-order valence-corrected chi connectivity index (χ2v) is 7.93. The number of furan rings is 1. The van der Waals surface area contributed by atoms with Gasteiger partial charge in [-0.15, -0.1) is 0 Å². The Labute approximate surface area is 204 Å². The average Bonchev–Trinajstić information content (AvgIpc) is 3.25. The normalized spacial score (nSPS) is 15.5. The lowest BCUT2D eigenvalue weighted by molar-refractivity contribution is -0.384. The number of rotatable bonds is 4. The highest BCUT2D eigenvalue weighted by Crippen LogP contribution is 2.34. The minimum Gasteiger partial charge on any atom is -0.457 e. The van der Waals surface area contributed by atoms with Crippen molar-refractivity contribution in [1.82, 2.24) is 5.32 Å². The topological polar surface area (TPSA) is 106 Å². The first-order valence-electron chi connectivity index (χ1n) is 9.58. The third kappa shape index (κ3) is 4.79. The number of hydrogen-bond donors (Lipinski definition) is 1. The number of nitrogens with one attached hydrogen (secondary N) is 1. The number of halogens is 4. The maximum absolute atomic E-state index is 13.1. The molecule has 0 unspecified atom stereocenters. The van der Waals surface area contributed by atoms with E-state index in [0.717, 1.165) is 29.2 Å². The summed E-state index contributed by atoms with van der Waals surface area (Å²) in [5.74, 6) is -1.61. The predicted molar refractivity (Wildman–Crippen MR) is 123 cm³/mol. The Morgan fingerprint density at radius 2 is 1.86 bits per heavy atom. The Kier molecular flexibility index (Phi) is 6.17. The zero-order valence-corrected chi connectivity index (χ0v) is 18.7. The molecule has 0 radical (unpaired) electrons. The van der Waals surface area contributed by atoms with Crippen LogP contribution in [0.3, 0.4) is 0 Å². The quantitative estimate of drug-likeness (QED) is 0.163. The van der Waals surface area contributed by atoms with E-state index in [1.807, 2.05) is 0 Å². The number of nitro groups is 1. The summed E-state index contributed by atoms with van der Waals surface area (Å²) in [6, 6.07) is 10.8. The fourth-order valence-corrected chi connectivity index (χ4v) is 3.71. The lowest BCUT2D eigenvalue weighted by Crippen LogP contribution is -2.54. The molecule has 1 aromatic heterocycles. The van der Waals surface area contributed by atoms with Crippen molar-refractivity contribution >= 4 is 58.2 Å². The summed E-state index contributed by atoms with van der Waals surface area (Å²) < 4.78 is 44.9. The molecule has 0 aliphatic carbocycles. The van der Waals surface area contributed by atoms with E-state index < -0.39 is 34.1 Å². The molecule has 1 aliphatic rings. The van der Waals surface area contributed by atoms with Gasteiger partial charge in [-0.05, 0) is 60.8 Å². The van der Waals surface area contributed by atoms with Gasteiger partial charge in [0.05, 0.1) is 16.2 Å². The van der Waals surface area contributed by atoms with Gasteiger partial charge >= 0.3 is 6.18 Å². The molecule has 2 heterocycles. The first kappa shape index (κ1) is 24.1. The molecular formula is C22H11ClF3N3O5S. The molecule has 0 bridgehead atoms. The Bertz CT molecular complexity index is 1430. The van der Waals surface area contributed by atoms with Gasteiger partial charge in [-0.25, -0.2) is 0 Å². The summed E-state index contributed by atoms with van der Waals surface area (Å²) in [5.41, 5.74) is -1.65. The van der Waals surface area contributed by atoms with Crippen LogP contribution in [0.5, 0.6) is 0 Å². The van der Waals surface area contributed by atoms with Crippen molar-refractivity contribution in [1.29, 1.82) is 0 Å². The lowest BCUT2D eigenvalue weighted by Gasteiger charge is -2.29. The standard InChI is InChI=1S/C22H11ClF3N3O5S/c23-16-6-4-11(8-17(16)29(32)33)18-7-5-14(34-18)10-15-19(30)27-21(35)28(20(15)31)13-3-1-2-12(9-13)22(24,25)26/h1-10H,(H,27,30,35)/b15-10-. The number of alkyl halides is 3. The van der Waals surface area contributed by atoms with E-state index in [-0.39, 0.29) is 33.0 Å². The lowest BCUT2D eigenvalue weighted by atomic mass is 10.1. The summed E-state index contributed by atoms with van der Waals surface area (Å²) in [7, 11) is 0. The Hall–Kier alpha value is -4.03. The summed E-state index contributed by atoms with van der Waals surface area (Å²) in [6.07, 6.45) is -3.56. The van der Waals surface area contributed by atoms with Crippen LogP contribution in [0.15, 0.2) is 64.6 Å². The van der Waals surface area contributed by atoms with Gasteiger partial charge in [0.2, 0.25) is 0 Å². The van der Waals surface area contributed by atoms with E-state index >= 15 is 0 Å². The van der Waals surface area contributed by atoms with Gasteiger partial charge in [0, 0.05) is 11.6 Å². The summed E-state index contributed by atoms with van der Waals surface area (Å²) >= 11 is 10.8. The molecular weight excluding hydrogens is 511 g/mol. The number of nitro benzene ring substituents is 1. The van der Waals surface area contributed by atoms with Gasteiger partial charge in [-0.1, -0.05) is 17.7 Å². The fraction of sp³-hybridized carbons (Fsp3) is 0.0455. The van der Waals surface area contributed by atoms with E-state index in [0.29, 0.717) is 5.56 Å². The van der Waals surface area contributed by atoms with Crippen LogP contribution < -0.4 is 10.2 Å². The number of carbonyl (C=O) groups excluding carboxylic acids is 2. The Morgan fingerprint density at radius 1 is 1.11 bits per heavy atom. The number of carbonyl (C=O) groups is 2. The highest BCUT2D eigenvalue weighted by molar-refractivity contribution is 7.80. The number of hydrogen-bond acceptors (Lipinski definition) is 6. The number of anilines is 1. The van der Waals surface area contributed by atoms with Gasteiger partial charge < -0.3 is 4.42 Å². The van der Waals surface area contributed by atoms with Crippen molar-refractivity contribution in [3.63, 3.8) is 0 Å². The van der Waals surface area contributed by atoms with Crippen LogP contribution in [0, 0.1) is 10.1 Å². The summed E-state index contributed by atoms with van der Waals surface area (Å²) in [5, 5.41) is 12.9. The Morgan fingerprint density at radius 3 is 2.54 bits per heavy atom. The first-order chi connectivity index (χ1) is 16.5. The number of nitrogens with zero attached hydrogens (tertiary/aromatic N) is 2. The van der Waals surface area contributed by atoms with Crippen molar-refractivity contribution in [2.45, 2.75) is 6.18 Å². The van der Waals surface area contributed by atoms with E-state index in [9.17, 15) is 32.9 Å². The second kappa shape index (κ2) is 8.96. The van der Waals surface area contributed by atoms with Crippen molar-refractivity contribution < 1.29 is 32.1 Å². The van der Waals surface area contributed by atoms with Crippen molar-refractivity contribution in [3.8, 4) is 11.3 Å². The van der Waals surface area contributed by atoms with E-state index in [1.165, 1.54) is 36.4 Å². The number of thiocarbonyl (C=S) groups is 1. The average molecular weight is 522 g/mol. The zero-order chi connectivity index (χ0) is 25.5. The van der Waals surface area contributed by atoms with Gasteiger partial charge in [0.25, 0.3) is 17.5 Å². The highest BCUT2D eigenvalue weighted by Gasteiger charge is 2.37. The van der Waals surface area contributed by atoms with Crippen LogP contribution in [0.1, 0.15) is 11.3 Å². The van der Waals surface area contributed by atoms with E-state index in [4.69, 9.17) is 28.2 Å². The summed E-state index contributed by atoms with van der Waals surface area (Å²) in [4.78, 5) is 36.7. The maximum Gasteiger partial charge on any atom is 0.416 e. The molecule has 1 N–H and O–H groups in total. The number of benzene rings is 2. The van der Waals surface area contributed by atoms with E-state index in [1.54, 1.807) is 0 Å². The molecule has 13 heteroatoms. The molecule has 1 aliphatic heterocycles. The molecule has 0 spiro atoms. The molecule has 1 saturated heterocycles. The minimum absolute atomic E-state index is 0.0351. The highest BCUT2D eigenvalue weighted by atomic mass is 35.5. The molecule has 1 fully saturated rings. The monoisotopic (exact) mass is 521 g/mol. The maximum atomic E-state index is 13.1. The van der Waals surface area contributed by atoms with Crippen LogP contribution in [0.25, 0.3) is 17.4 Å². The molecule has 2 amide bonds. The van der Waals surface area contributed by atoms with Crippen LogP contribution in [0.4, 0.5) is 24.5 Å². The fourth-order valence-electron chi connectivity index (χ4n) is 3.25. The number of amides is 2. The van der Waals surface area contributed by atoms with Gasteiger partial charge in [-0.2, -0.15) is 13.2 Å². The molecule has 0 atom stereocenters.